The summed E-state index contributed by atoms with van der Waals surface area (Å²) in [5.41, 5.74) is -3.42. The van der Waals surface area contributed by atoms with E-state index in [1.165, 1.54) is 24.3 Å². The molecule has 300 valence electrons. The molecule has 0 bridgehead atoms. The molecule has 56 heavy (non-hydrogen) atoms. The Hall–Kier alpha value is -5.37. The van der Waals surface area contributed by atoms with Crippen molar-refractivity contribution in [3.8, 4) is 0 Å². The van der Waals surface area contributed by atoms with Gasteiger partial charge in [-0.15, -0.1) is 0 Å². The first-order chi connectivity index (χ1) is 26.3. The van der Waals surface area contributed by atoms with E-state index in [9.17, 15) is 28.8 Å². The predicted octanol–water partition coefficient (Wildman–Crippen LogP) is 4.76. The highest BCUT2D eigenvalue weighted by Gasteiger charge is 2.69. The average Bonchev–Trinajstić information content (AvgIpc) is 3.91. The van der Waals surface area contributed by atoms with Gasteiger partial charge >= 0.3 is 35.8 Å². The van der Waals surface area contributed by atoms with E-state index in [2.05, 4.69) is 6.58 Å². The number of rotatable bonds is 8. The van der Waals surface area contributed by atoms with Gasteiger partial charge in [0, 0.05) is 51.0 Å². The summed E-state index contributed by atoms with van der Waals surface area (Å²) < 4.78 is 42.5. The highest BCUT2D eigenvalue weighted by molar-refractivity contribution is 5.93. The maximum atomic E-state index is 15.0. The van der Waals surface area contributed by atoms with E-state index in [4.69, 9.17) is 33.2 Å². The second-order valence-corrected chi connectivity index (χ2v) is 15.3. The fraction of sp³-hybridized carbons (Fsp3) is 0.500. The summed E-state index contributed by atoms with van der Waals surface area (Å²) in [5, 5.41) is 0. The summed E-state index contributed by atoms with van der Waals surface area (Å²) in [7, 11) is 0. The van der Waals surface area contributed by atoms with E-state index in [-0.39, 0.29) is 23.1 Å². The van der Waals surface area contributed by atoms with Gasteiger partial charge in [0.05, 0.1) is 29.3 Å². The van der Waals surface area contributed by atoms with E-state index in [0.717, 1.165) is 27.7 Å². The Balaban J connectivity index is 1.82. The molecule has 3 fully saturated rings. The van der Waals surface area contributed by atoms with Crippen molar-refractivity contribution in [2.75, 3.05) is 0 Å². The molecule has 1 saturated heterocycles. The molecule has 2 saturated carbocycles. The van der Waals surface area contributed by atoms with Crippen LogP contribution >= 0.6 is 0 Å². The van der Waals surface area contributed by atoms with Crippen LogP contribution in [-0.2, 0) is 57.1 Å². The Morgan fingerprint density at radius 3 is 1.68 bits per heavy atom. The van der Waals surface area contributed by atoms with Crippen LogP contribution in [0.25, 0.3) is 0 Å². The Morgan fingerprint density at radius 1 is 0.679 bits per heavy atom. The molecule has 5 rings (SSSR count). The average molecular weight is 777 g/mol. The number of carbonyl (C=O) groups excluding carboxylic acids is 7. The summed E-state index contributed by atoms with van der Waals surface area (Å²) >= 11 is 0. The van der Waals surface area contributed by atoms with Crippen LogP contribution in [0.3, 0.4) is 0 Å². The van der Waals surface area contributed by atoms with E-state index >= 15 is 4.79 Å². The highest BCUT2D eigenvalue weighted by Crippen LogP contribution is 2.54. The first kappa shape index (κ1) is 41.8. The van der Waals surface area contributed by atoms with Crippen molar-refractivity contribution in [1.82, 2.24) is 0 Å². The van der Waals surface area contributed by atoms with E-state index < -0.39 is 113 Å². The van der Waals surface area contributed by atoms with Crippen molar-refractivity contribution in [3.63, 3.8) is 0 Å². The number of hydrogen-bond donors (Lipinski definition) is 0. The molecule has 11 atom stereocenters. The third kappa shape index (κ3) is 8.40. The maximum Gasteiger partial charge on any atom is 0.338 e. The summed E-state index contributed by atoms with van der Waals surface area (Å²) in [5.74, 6) is -8.85. The number of Topliss-reactive ketones (excluding diaryl/α,β-unsaturated/α-hetero) is 1. The molecule has 0 spiro atoms. The number of carbonyl (C=O) groups is 7. The molecule has 14 heteroatoms. The molecule has 2 aliphatic carbocycles. The number of ketones is 1. The Labute approximate surface area is 325 Å². The minimum atomic E-state index is -2.09. The molecule has 2 aromatic rings. The summed E-state index contributed by atoms with van der Waals surface area (Å²) in [6.07, 6.45) is -9.79. The Bertz CT molecular complexity index is 1870. The maximum absolute atomic E-state index is 15.0. The topological polar surface area (TPSA) is 187 Å². The fourth-order valence-electron chi connectivity index (χ4n) is 8.33. The van der Waals surface area contributed by atoms with Gasteiger partial charge in [-0.05, 0) is 30.2 Å². The second-order valence-electron chi connectivity index (χ2n) is 15.3. The number of hydrogen-bond acceptors (Lipinski definition) is 14. The van der Waals surface area contributed by atoms with Crippen molar-refractivity contribution < 1.29 is 66.7 Å². The van der Waals surface area contributed by atoms with Crippen molar-refractivity contribution in [1.29, 1.82) is 0 Å². The van der Waals surface area contributed by atoms with Gasteiger partial charge in [-0.2, -0.15) is 0 Å². The van der Waals surface area contributed by atoms with Crippen LogP contribution in [0.2, 0.25) is 0 Å². The SMILES string of the molecule is C=C1C(OC(C)=O)C(OC(=O)c2ccccc2)C(OC(=O)c2ccccc2)C(C)(C)C2OC2C(C)C(=O)C2(OC(C)=O)CC(C)C(OC(C)=O)C2C1OC(C)=O. The predicted molar refractivity (Wildman–Crippen MR) is 195 cm³/mol. The third-order valence-corrected chi connectivity index (χ3v) is 10.8. The van der Waals surface area contributed by atoms with E-state index in [1.807, 2.05) is 0 Å². The van der Waals surface area contributed by atoms with Crippen LogP contribution < -0.4 is 0 Å². The molecule has 1 aliphatic heterocycles. The molecular weight excluding hydrogens is 728 g/mol. The van der Waals surface area contributed by atoms with Crippen LogP contribution in [0.5, 0.6) is 0 Å². The van der Waals surface area contributed by atoms with Crippen molar-refractivity contribution in [3.05, 3.63) is 83.9 Å². The van der Waals surface area contributed by atoms with Gasteiger partial charge in [0.15, 0.2) is 29.7 Å². The van der Waals surface area contributed by atoms with Crippen molar-refractivity contribution in [2.45, 2.75) is 110 Å². The molecule has 1 heterocycles. The van der Waals surface area contributed by atoms with Crippen LogP contribution in [0.1, 0.15) is 82.5 Å². The zero-order valence-electron chi connectivity index (χ0n) is 32.7. The molecule has 0 aromatic heterocycles. The fourth-order valence-corrected chi connectivity index (χ4v) is 8.33. The van der Waals surface area contributed by atoms with Gasteiger partial charge in [-0.1, -0.05) is 70.7 Å². The molecule has 0 N–H and O–H groups in total. The first-order valence-electron chi connectivity index (χ1n) is 18.4. The third-order valence-electron chi connectivity index (χ3n) is 10.8. The molecular formula is C42H48O14. The minimum Gasteiger partial charge on any atom is -0.462 e. The standard InChI is InChI=1S/C42H48O14/c1-21-20-42(56-27(7)46)30(31(21)50-24(4)43)32(51-25(5)44)22(2)33(52-26(6)45)35(54-39(48)28-16-12-10-13-17-28)38(55-40(49)29-18-14-11-15-19-29)41(8,9)37-34(53-37)23(3)36(42)47/h10-19,21,23,30-35,37-38H,2,20H2,1,3-9H3. The quantitative estimate of drug-likeness (QED) is 0.155. The van der Waals surface area contributed by atoms with Crippen molar-refractivity contribution in [2.24, 2.45) is 23.2 Å². The van der Waals surface area contributed by atoms with Gasteiger partial charge in [0.1, 0.15) is 12.2 Å². The Kier molecular flexibility index (Phi) is 12.2. The van der Waals surface area contributed by atoms with Gasteiger partial charge in [-0.25, -0.2) is 9.59 Å². The summed E-state index contributed by atoms with van der Waals surface area (Å²) in [6.45, 7) is 15.3. The molecule has 0 radical (unpaired) electrons. The smallest absolute Gasteiger partial charge is 0.338 e. The van der Waals surface area contributed by atoms with Crippen LogP contribution in [0.15, 0.2) is 72.8 Å². The second kappa shape index (κ2) is 16.4. The summed E-state index contributed by atoms with van der Waals surface area (Å²) in [4.78, 5) is 94.8. The van der Waals surface area contributed by atoms with E-state index in [1.54, 1.807) is 64.1 Å². The van der Waals surface area contributed by atoms with Gasteiger partial charge in [0.25, 0.3) is 0 Å². The lowest BCUT2D eigenvalue weighted by Crippen LogP contribution is -2.60. The van der Waals surface area contributed by atoms with Crippen molar-refractivity contribution >= 4 is 41.6 Å². The van der Waals surface area contributed by atoms with Gasteiger partial charge in [0.2, 0.25) is 0 Å². The monoisotopic (exact) mass is 776 g/mol. The number of epoxide rings is 1. The minimum absolute atomic E-state index is 0.0986. The highest BCUT2D eigenvalue weighted by atomic mass is 16.6. The lowest BCUT2D eigenvalue weighted by molar-refractivity contribution is -0.188. The lowest BCUT2D eigenvalue weighted by atomic mass is 9.69. The lowest BCUT2D eigenvalue weighted by Gasteiger charge is -2.45. The number of esters is 6. The zero-order valence-corrected chi connectivity index (χ0v) is 32.7. The summed E-state index contributed by atoms with van der Waals surface area (Å²) in [6, 6.07) is 15.9. The van der Waals surface area contributed by atoms with Crippen LogP contribution in [-0.4, -0.2) is 89.9 Å². The molecule has 2 aromatic carbocycles. The molecule has 11 unspecified atom stereocenters. The largest absolute Gasteiger partial charge is 0.462 e. The molecule has 0 amide bonds. The van der Waals surface area contributed by atoms with Crippen LogP contribution in [0, 0.1) is 23.2 Å². The van der Waals surface area contributed by atoms with Gasteiger partial charge < -0.3 is 33.2 Å². The molecule has 3 aliphatic rings. The van der Waals surface area contributed by atoms with E-state index in [0.29, 0.717) is 0 Å². The van der Waals surface area contributed by atoms with Crippen LogP contribution in [0.4, 0.5) is 0 Å². The Morgan fingerprint density at radius 2 is 1.18 bits per heavy atom. The number of fused-ring (bicyclic) bond motifs is 2. The first-order valence-corrected chi connectivity index (χ1v) is 18.4. The number of ether oxygens (including phenoxy) is 7. The normalized spacial score (nSPS) is 32.1. The van der Waals surface area contributed by atoms with Gasteiger partial charge in [-0.3, -0.25) is 24.0 Å². The molecule has 14 nitrogen and oxygen atoms in total. The zero-order chi connectivity index (χ0) is 41.3. The number of benzene rings is 2.